The van der Waals surface area contributed by atoms with E-state index in [1.165, 1.54) is 3.57 Å². The van der Waals surface area contributed by atoms with Gasteiger partial charge in [-0.15, -0.1) is 11.6 Å². The summed E-state index contributed by atoms with van der Waals surface area (Å²) in [4.78, 5) is 4.39. The summed E-state index contributed by atoms with van der Waals surface area (Å²) >= 11 is 14.1. The third-order valence-electron chi connectivity index (χ3n) is 2.38. The summed E-state index contributed by atoms with van der Waals surface area (Å²) in [6, 6.07) is 8.25. The van der Waals surface area contributed by atoms with Crippen molar-refractivity contribution in [2.75, 3.05) is 5.88 Å². The zero-order valence-corrected chi connectivity index (χ0v) is 12.2. The van der Waals surface area contributed by atoms with Crippen molar-refractivity contribution in [1.82, 2.24) is 4.98 Å². The number of hydrogen-bond donors (Lipinski definition) is 0. The van der Waals surface area contributed by atoms with Crippen LogP contribution in [0.1, 0.15) is 12.0 Å². The smallest absolute Gasteiger partial charge is 0.132 e. The Labute approximate surface area is 118 Å². The lowest BCUT2D eigenvalue weighted by atomic mass is 10.1. The molecule has 0 aliphatic carbocycles. The Bertz CT molecular complexity index is 514. The van der Waals surface area contributed by atoms with Crippen LogP contribution in [0, 0.1) is 3.57 Å². The van der Waals surface area contributed by atoms with Gasteiger partial charge < -0.3 is 0 Å². The lowest BCUT2D eigenvalue weighted by Crippen LogP contribution is -1.92. The Morgan fingerprint density at radius 3 is 2.81 bits per heavy atom. The van der Waals surface area contributed by atoms with E-state index in [0.717, 1.165) is 29.3 Å². The van der Waals surface area contributed by atoms with E-state index < -0.39 is 0 Å². The molecule has 2 rings (SSSR count). The highest BCUT2D eigenvalue weighted by Crippen LogP contribution is 2.23. The van der Waals surface area contributed by atoms with E-state index in [4.69, 9.17) is 23.2 Å². The minimum Gasteiger partial charge on any atom is -0.236 e. The largest absolute Gasteiger partial charge is 0.236 e. The van der Waals surface area contributed by atoms with E-state index in [1.54, 1.807) is 0 Å². The zero-order chi connectivity index (χ0) is 11.5. The first-order valence-electron chi connectivity index (χ1n) is 5.01. The number of pyridine rings is 1. The maximum absolute atomic E-state index is 6.12. The molecule has 0 saturated carbocycles. The fraction of sp³-hybridized carbons (Fsp3) is 0.250. The molecule has 1 aromatic carbocycles. The second-order valence-electron chi connectivity index (χ2n) is 3.57. The van der Waals surface area contributed by atoms with Gasteiger partial charge in [-0.05, 0) is 65.3 Å². The molecular formula is C12H10Cl2IN. The number of benzene rings is 1. The maximum Gasteiger partial charge on any atom is 0.132 e. The first kappa shape index (κ1) is 12.4. The van der Waals surface area contributed by atoms with Crippen LogP contribution in [0.25, 0.3) is 10.9 Å². The standard InChI is InChI=1S/C12H10Cl2IN/c13-5-1-2-8-6-9-7-10(15)3-4-11(9)16-12(8)14/h3-4,6-7H,1-2,5H2. The third kappa shape index (κ3) is 2.79. The van der Waals surface area contributed by atoms with Crippen LogP contribution in [0.5, 0.6) is 0 Å². The average Bonchev–Trinajstić information content (AvgIpc) is 2.27. The van der Waals surface area contributed by atoms with E-state index in [-0.39, 0.29) is 0 Å². The Morgan fingerprint density at radius 2 is 2.06 bits per heavy atom. The number of alkyl halides is 1. The summed E-state index contributed by atoms with van der Waals surface area (Å²) in [6.07, 6.45) is 1.81. The van der Waals surface area contributed by atoms with E-state index in [0.29, 0.717) is 11.0 Å². The molecule has 4 heteroatoms. The number of fused-ring (bicyclic) bond motifs is 1. The predicted molar refractivity (Wildman–Crippen MR) is 78.5 cm³/mol. The average molecular weight is 366 g/mol. The Kier molecular flexibility index (Phi) is 4.27. The van der Waals surface area contributed by atoms with Crippen molar-refractivity contribution in [2.45, 2.75) is 12.8 Å². The number of aromatic nitrogens is 1. The second-order valence-corrected chi connectivity index (χ2v) is 5.55. The molecule has 0 fully saturated rings. The molecule has 0 amide bonds. The molecule has 2 aromatic rings. The fourth-order valence-corrected chi connectivity index (χ4v) is 2.49. The molecule has 0 atom stereocenters. The molecule has 0 bridgehead atoms. The minimum absolute atomic E-state index is 0.596. The van der Waals surface area contributed by atoms with Gasteiger partial charge in [0.2, 0.25) is 0 Å². The van der Waals surface area contributed by atoms with E-state index in [2.05, 4.69) is 39.7 Å². The fourth-order valence-electron chi connectivity index (χ4n) is 1.60. The number of rotatable bonds is 3. The predicted octanol–water partition coefficient (Wildman–Crippen LogP) is 4.66. The highest BCUT2D eigenvalue weighted by Gasteiger charge is 2.05. The van der Waals surface area contributed by atoms with Crippen molar-refractivity contribution in [3.05, 3.63) is 38.6 Å². The van der Waals surface area contributed by atoms with Crippen LogP contribution in [-0.4, -0.2) is 10.9 Å². The van der Waals surface area contributed by atoms with Crippen LogP contribution >= 0.6 is 45.8 Å². The minimum atomic E-state index is 0.596. The van der Waals surface area contributed by atoms with Crippen molar-refractivity contribution >= 4 is 56.7 Å². The SMILES string of the molecule is ClCCCc1cc2cc(I)ccc2nc1Cl. The highest BCUT2D eigenvalue weighted by molar-refractivity contribution is 14.1. The molecule has 0 saturated heterocycles. The van der Waals surface area contributed by atoms with Gasteiger partial charge in [-0.2, -0.15) is 0 Å². The van der Waals surface area contributed by atoms with Crippen molar-refractivity contribution in [1.29, 1.82) is 0 Å². The summed E-state index contributed by atoms with van der Waals surface area (Å²) in [5.74, 6) is 0.653. The van der Waals surface area contributed by atoms with Crippen LogP contribution in [0.4, 0.5) is 0 Å². The van der Waals surface area contributed by atoms with Crippen molar-refractivity contribution in [2.24, 2.45) is 0 Å². The van der Waals surface area contributed by atoms with Gasteiger partial charge in [0, 0.05) is 14.8 Å². The zero-order valence-electron chi connectivity index (χ0n) is 8.51. The number of nitrogens with zero attached hydrogens (tertiary/aromatic N) is 1. The third-order valence-corrected chi connectivity index (χ3v) is 3.65. The van der Waals surface area contributed by atoms with Gasteiger partial charge in [-0.3, -0.25) is 0 Å². The normalized spacial score (nSPS) is 10.9. The summed E-state index contributed by atoms with van der Waals surface area (Å²) < 4.78 is 1.21. The molecule has 0 unspecified atom stereocenters. The van der Waals surface area contributed by atoms with Crippen LogP contribution in [0.3, 0.4) is 0 Å². The van der Waals surface area contributed by atoms with Gasteiger partial charge in [0.25, 0.3) is 0 Å². The Balaban J connectivity index is 2.46. The molecule has 1 aromatic heterocycles. The lowest BCUT2D eigenvalue weighted by Gasteiger charge is -2.05. The quantitative estimate of drug-likeness (QED) is 0.437. The Morgan fingerprint density at radius 1 is 1.25 bits per heavy atom. The molecule has 0 aliphatic rings. The summed E-state index contributed by atoms with van der Waals surface area (Å²) in [5.41, 5.74) is 2.02. The molecule has 1 heterocycles. The van der Waals surface area contributed by atoms with Crippen LogP contribution in [0.2, 0.25) is 5.15 Å². The van der Waals surface area contributed by atoms with Crippen LogP contribution < -0.4 is 0 Å². The van der Waals surface area contributed by atoms with E-state index in [9.17, 15) is 0 Å². The van der Waals surface area contributed by atoms with Gasteiger partial charge >= 0.3 is 0 Å². The number of aryl methyl sites for hydroxylation is 1. The van der Waals surface area contributed by atoms with Crippen LogP contribution in [0.15, 0.2) is 24.3 Å². The van der Waals surface area contributed by atoms with E-state index in [1.807, 2.05) is 12.1 Å². The number of halogens is 3. The molecule has 1 nitrogen and oxygen atoms in total. The van der Waals surface area contributed by atoms with Crippen molar-refractivity contribution < 1.29 is 0 Å². The van der Waals surface area contributed by atoms with Gasteiger partial charge in [0.1, 0.15) is 5.15 Å². The molecule has 0 radical (unpaired) electrons. The molecule has 0 spiro atoms. The monoisotopic (exact) mass is 365 g/mol. The molecule has 0 N–H and O–H groups in total. The van der Waals surface area contributed by atoms with Crippen LogP contribution in [-0.2, 0) is 6.42 Å². The summed E-state index contributed by atoms with van der Waals surface area (Å²) in [5, 5.41) is 1.74. The Hall–Kier alpha value is -0.0600. The maximum atomic E-state index is 6.12. The van der Waals surface area contributed by atoms with Gasteiger partial charge in [0.15, 0.2) is 0 Å². The lowest BCUT2D eigenvalue weighted by molar-refractivity contribution is 0.924. The summed E-state index contributed by atoms with van der Waals surface area (Å²) in [7, 11) is 0. The molecular weight excluding hydrogens is 356 g/mol. The summed E-state index contributed by atoms with van der Waals surface area (Å²) in [6.45, 7) is 0. The van der Waals surface area contributed by atoms with Gasteiger partial charge in [0.05, 0.1) is 5.52 Å². The highest BCUT2D eigenvalue weighted by atomic mass is 127. The molecule has 16 heavy (non-hydrogen) atoms. The van der Waals surface area contributed by atoms with Crippen molar-refractivity contribution in [3.63, 3.8) is 0 Å². The first-order chi connectivity index (χ1) is 7.70. The first-order valence-corrected chi connectivity index (χ1v) is 7.00. The van der Waals surface area contributed by atoms with E-state index >= 15 is 0 Å². The van der Waals surface area contributed by atoms with Crippen molar-refractivity contribution in [3.8, 4) is 0 Å². The van der Waals surface area contributed by atoms with Gasteiger partial charge in [-0.1, -0.05) is 11.6 Å². The van der Waals surface area contributed by atoms with Gasteiger partial charge in [-0.25, -0.2) is 4.98 Å². The number of hydrogen-bond acceptors (Lipinski definition) is 1. The molecule has 0 aliphatic heterocycles. The second kappa shape index (κ2) is 5.52. The topological polar surface area (TPSA) is 12.9 Å². The molecule has 84 valence electrons.